The van der Waals surface area contributed by atoms with E-state index in [1.54, 1.807) is 0 Å². The maximum absolute atomic E-state index is 3.53. The summed E-state index contributed by atoms with van der Waals surface area (Å²) in [5.41, 5.74) is 8.76. The van der Waals surface area contributed by atoms with Gasteiger partial charge in [-0.2, -0.15) is 61.1 Å². The van der Waals surface area contributed by atoms with E-state index in [1.165, 1.54) is 109 Å². The van der Waals surface area contributed by atoms with Crippen LogP contribution >= 0.6 is 24.8 Å². The topological polar surface area (TPSA) is 0 Å². The minimum absolute atomic E-state index is 0. The molecule has 246 valence electrons. The molecular formula is C41H60Cl2Zr-4. The summed E-state index contributed by atoms with van der Waals surface area (Å²) in [7, 11) is 0. The summed E-state index contributed by atoms with van der Waals surface area (Å²) in [6.45, 7) is 18.0. The first-order valence-corrected chi connectivity index (χ1v) is 18.1. The van der Waals surface area contributed by atoms with Gasteiger partial charge >= 0.3 is 28.4 Å². The fraction of sp³-hybridized carbons (Fsp3) is 0.537. The number of halogens is 2. The number of hydrogen-bond acceptors (Lipinski definition) is 0. The molecule has 3 heteroatoms. The van der Waals surface area contributed by atoms with E-state index in [0.717, 1.165) is 24.7 Å². The van der Waals surface area contributed by atoms with Crippen molar-refractivity contribution < 1.29 is 24.2 Å². The van der Waals surface area contributed by atoms with Gasteiger partial charge in [0, 0.05) is 0 Å². The van der Waals surface area contributed by atoms with Crippen molar-refractivity contribution in [2.75, 3.05) is 0 Å². The third-order valence-corrected chi connectivity index (χ3v) is 8.85. The van der Waals surface area contributed by atoms with Crippen molar-refractivity contribution in [1.29, 1.82) is 0 Å². The van der Waals surface area contributed by atoms with Gasteiger partial charge in [-0.05, 0) is 17.4 Å². The average Bonchev–Trinajstić information content (AvgIpc) is 3.81. The molecule has 0 radical (unpaired) electrons. The van der Waals surface area contributed by atoms with Gasteiger partial charge in [-0.25, -0.2) is 12.2 Å². The Bertz CT molecular complexity index is 1030. The Hall–Kier alpha value is -0.747. The molecule has 0 amide bonds. The summed E-state index contributed by atoms with van der Waals surface area (Å²) in [6, 6.07) is 15.1. The van der Waals surface area contributed by atoms with Gasteiger partial charge in [0.25, 0.3) is 0 Å². The van der Waals surface area contributed by atoms with E-state index < -0.39 is 0 Å². The number of hydrogen-bond donors (Lipinski definition) is 0. The first kappa shape index (κ1) is 43.3. The van der Waals surface area contributed by atoms with Crippen molar-refractivity contribution in [3.63, 3.8) is 0 Å². The van der Waals surface area contributed by atoms with E-state index in [0.29, 0.717) is 0 Å². The fourth-order valence-corrected chi connectivity index (χ4v) is 5.91. The SMILES string of the molecule is CC(C)(C)c1c[c-]c2c(c1)-c1cc(C(C)(C)C)ccc1C2.C[CH-]C1CCCC1.C[CH-]C1CCCC1.Cl.Cl.[C-]1=CC=CC1.[CH2]=[Zr]. The van der Waals surface area contributed by atoms with Crippen molar-refractivity contribution in [2.45, 2.75) is 130 Å². The Morgan fingerprint density at radius 2 is 1.25 bits per heavy atom. The molecule has 0 aromatic heterocycles. The van der Waals surface area contributed by atoms with Crippen molar-refractivity contribution in [3.8, 4) is 11.1 Å². The quantitative estimate of drug-likeness (QED) is 0.232. The molecule has 0 aliphatic heterocycles. The molecule has 0 spiro atoms. The minimum atomic E-state index is 0. The van der Waals surface area contributed by atoms with Crippen LogP contribution in [0.25, 0.3) is 11.1 Å². The molecular weight excluding hydrogens is 655 g/mol. The van der Waals surface area contributed by atoms with Crippen LogP contribution in [0.3, 0.4) is 0 Å². The fourth-order valence-electron chi connectivity index (χ4n) is 5.91. The second-order valence-electron chi connectivity index (χ2n) is 14.1. The van der Waals surface area contributed by atoms with Crippen LogP contribution in [0.4, 0.5) is 0 Å². The molecule has 0 bridgehead atoms. The standard InChI is InChI=1S/C21H25.2C7H13.C5H5.CH2.2ClH.Zr/c1-20(2,3)16-9-7-14-11-15-8-10-17(21(4,5)6)13-19(15)18(14)12-16;2*1-2-7-5-3-4-6-7;1-2-4-5-3-1;;;;/h7,9-10,12-13H,11H2,1-6H3;2*2,7H,3-6H2,1H3;1-3H,4H2;1H2;2*1H;/q4*-1;;;;. The normalized spacial score (nSPS) is 16.2. The Morgan fingerprint density at radius 1 is 0.750 bits per heavy atom. The summed E-state index contributed by atoms with van der Waals surface area (Å²) < 4.78 is 3.34. The molecule has 2 fully saturated rings. The summed E-state index contributed by atoms with van der Waals surface area (Å²) >= 11 is 1.30. The summed E-state index contributed by atoms with van der Waals surface area (Å²) in [5, 5.41) is 0. The third-order valence-electron chi connectivity index (χ3n) is 8.85. The van der Waals surface area contributed by atoms with Crippen molar-refractivity contribution in [1.82, 2.24) is 0 Å². The second-order valence-corrected chi connectivity index (χ2v) is 14.1. The summed E-state index contributed by atoms with van der Waals surface area (Å²) in [4.78, 5) is 0. The molecule has 2 aromatic rings. The molecule has 6 rings (SSSR count). The van der Waals surface area contributed by atoms with Crippen LogP contribution in [0.5, 0.6) is 0 Å². The zero-order valence-corrected chi connectivity index (χ0v) is 33.1. The predicted molar refractivity (Wildman–Crippen MR) is 198 cm³/mol. The molecule has 2 saturated carbocycles. The molecule has 4 aliphatic rings. The van der Waals surface area contributed by atoms with E-state index in [9.17, 15) is 0 Å². The molecule has 0 saturated heterocycles. The van der Waals surface area contributed by atoms with Crippen LogP contribution in [0.2, 0.25) is 0 Å². The van der Waals surface area contributed by atoms with E-state index in [-0.39, 0.29) is 35.6 Å². The van der Waals surface area contributed by atoms with Gasteiger partial charge in [0.05, 0.1) is 0 Å². The second kappa shape index (κ2) is 21.9. The van der Waals surface area contributed by atoms with Crippen LogP contribution in [0.15, 0.2) is 48.6 Å². The molecule has 0 heterocycles. The molecule has 2 aromatic carbocycles. The summed E-state index contributed by atoms with van der Waals surface area (Å²) in [5.74, 6) is 1.94. The number of fused-ring (bicyclic) bond motifs is 3. The van der Waals surface area contributed by atoms with Crippen LogP contribution < -0.4 is 0 Å². The third kappa shape index (κ3) is 14.3. The predicted octanol–water partition coefficient (Wildman–Crippen LogP) is 12.6. The van der Waals surface area contributed by atoms with Crippen molar-refractivity contribution >= 4 is 29.0 Å². The van der Waals surface area contributed by atoms with Gasteiger partial charge in [-0.3, -0.25) is 6.08 Å². The molecule has 44 heavy (non-hydrogen) atoms. The maximum atomic E-state index is 3.53. The van der Waals surface area contributed by atoms with Gasteiger partial charge < -0.3 is 12.8 Å². The first-order valence-electron chi connectivity index (χ1n) is 16.4. The van der Waals surface area contributed by atoms with Crippen LogP contribution in [-0.2, 0) is 41.5 Å². The Balaban J connectivity index is 0.000000658. The monoisotopic (exact) mass is 712 g/mol. The molecule has 0 nitrogen and oxygen atoms in total. The van der Waals surface area contributed by atoms with Gasteiger partial charge in [-0.15, -0.1) is 36.8 Å². The average molecular weight is 715 g/mol. The molecule has 4 aliphatic carbocycles. The van der Waals surface area contributed by atoms with Gasteiger partial charge in [0.15, 0.2) is 0 Å². The molecule has 0 unspecified atom stereocenters. The number of rotatable bonds is 2. The van der Waals surface area contributed by atoms with Crippen molar-refractivity contribution in [2.24, 2.45) is 11.8 Å². The van der Waals surface area contributed by atoms with Crippen LogP contribution in [0.1, 0.15) is 135 Å². The summed E-state index contributed by atoms with van der Waals surface area (Å²) in [6.07, 6.45) is 27.4. The molecule has 0 N–H and O–H groups in total. The van der Waals surface area contributed by atoms with Gasteiger partial charge in [0.1, 0.15) is 0 Å². The zero-order chi connectivity index (χ0) is 31.2. The van der Waals surface area contributed by atoms with E-state index >= 15 is 0 Å². The number of allylic oxidation sites excluding steroid dienone is 4. The Morgan fingerprint density at radius 3 is 1.61 bits per heavy atom. The van der Waals surface area contributed by atoms with Gasteiger partial charge in [0.2, 0.25) is 0 Å². The zero-order valence-electron chi connectivity index (χ0n) is 29.0. The van der Waals surface area contributed by atoms with Crippen molar-refractivity contribution in [3.05, 3.63) is 95.8 Å². The Labute approximate surface area is 300 Å². The first-order chi connectivity index (χ1) is 20.0. The number of benzene rings is 2. The Kier molecular flexibility index (Phi) is 21.6. The van der Waals surface area contributed by atoms with Gasteiger partial charge in [-0.1, -0.05) is 128 Å². The van der Waals surface area contributed by atoms with E-state index in [2.05, 4.69) is 121 Å². The van der Waals surface area contributed by atoms with E-state index in [4.69, 9.17) is 0 Å². The van der Waals surface area contributed by atoms with Crippen LogP contribution in [0, 0.1) is 36.8 Å². The van der Waals surface area contributed by atoms with E-state index in [1.807, 2.05) is 12.2 Å². The molecule has 0 atom stereocenters. The van der Waals surface area contributed by atoms with Crippen LogP contribution in [-0.4, -0.2) is 4.21 Å².